The van der Waals surface area contributed by atoms with Crippen LogP contribution in [-0.4, -0.2) is 16.0 Å². The smallest absolute Gasteiger partial charge is 0.328 e. The van der Waals surface area contributed by atoms with Crippen molar-refractivity contribution >= 4 is 0 Å². The molecule has 94 valence electrons. The van der Waals surface area contributed by atoms with E-state index in [4.69, 9.17) is 11.5 Å². The van der Waals surface area contributed by atoms with Crippen LogP contribution in [0.2, 0.25) is 0 Å². The second-order valence-corrected chi connectivity index (χ2v) is 4.45. The van der Waals surface area contributed by atoms with E-state index in [0.717, 1.165) is 18.8 Å². The van der Waals surface area contributed by atoms with Crippen LogP contribution in [0.25, 0.3) is 0 Å². The monoisotopic (exact) mass is 246 g/mol. The van der Waals surface area contributed by atoms with Crippen LogP contribution in [-0.2, 0) is 11.7 Å². The average Bonchev–Trinajstić information content (AvgIpc) is 2.59. The molecule has 0 aliphatic heterocycles. The molecule has 4 nitrogen and oxygen atoms in total. The summed E-state index contributed by atoms with van der Waals surface area (Å²) in [6.07, 6.45) is -1.06. The maximum absolute atomic E-state index is 12.3. The zero-order valence-corrected chi connectivity index (χ0v) is 9.04. The summed E-state index contributed by atoms with van der Waals surface area (Å²) in [6.45, 7) is 0. The van der Waals surface area contributed by atoms with Gasteiger partial charge < -0.3 is 11.5 Å². The summed E-state index contributed by atoms with van der Waals surface area (Å²) in [7, 11) is 0. The molecule has 0 amide bonds. The van der Waals surface area contributed by atoms with Gasteiger partial charge in [0.1, 0.15) is 5.82 Å². The van der Waals surface area contributed by atoms with Crippen LogP contribution in [0.1, 0.15) is 30.7 Å². The lowest BCUT2D eigenvalue weighted by molar-refractivity contribution is -0.138. The molecule has 0 bridgehead atoms. The van der Waals surface area contributed by atoms with Gasteiger partial charge >= 0.3 is 6.18 Å². The van der Waals surface area contributed by atoms with Crippen molar-refractivity contribution in [3.63, 3.8) is 0 Å². The highest BCUT2D eigenvalue weighted by molar-refractivity contribution is 5.15. The summed E-state index contributed by atoms with van der Waals surface area (Å²) >= 11 is 0. The zero-order valence-electron chi connectivity index (χ0n) is 9.04. The van der Waals surface area contributed by atoms with Gasteiger partial charge in [0.25, 0.3) is 0 Å². The average molecular weight is 246 g/mol. The molecule has 0 saturated heterocycles. The molecule has 0 spiro atoms. The van der Waals surface area contributed by atoms with E-state index in [-0.39, 0.29) is 11.9 Å². The molecule has 0 aromatic carbocycles. The molecule has 1 aromatic heterocycles. The van der Waals surface area contributed by atoms with Gasteiger partial charge in [-0.15, -0.1) is 0 Å². The van der Waals surface area contributed by atoms with Crippen molar-refractivity contribution in [1.82, 2.24) is 9.97 Å². The highest BCUT2D eigenvalue weighted by atomic mass is 19.4. The molecule has 1 aromatic rings. The number of halogens is 3. The fraction of sp³-hybridized carbons (Fsp3) is 0.600. The van der Waals surface area contributed by atoms with Crippen LogP contribution in [0.4, 0.5) is 13.2 Å². The molecule has 1 saturated carbocycles. The lowest BCUT2D eigenvalue weighted by Gasteiger charge is -2.22. The van der Waals surface area contributed by atoms with E-state index in [2.05, 4.69) is 9.97 Å². The molecule has 2 rings (SSSR count). The molecule has 1 aliphatic carbocycles. The Morgan fingerprint density at radius 1 is 1.29 bits per heavy atom. The van der Waals surface area contributed by atoms with E-state index >= 15 is 0 Å². The minimum absolute atomic E-state index is 0.0362. The summed E-state index contributed by atoms with van der Waals surface area (Å²) in [5, 5.41) is 0. The van der Waals surface area contributed by atoms with Crippen molar-refractivity contribution in [3.8, 4) is 0 Å². The maximum Gasteiger partial charge on any atom is 0.419 e. The fourth-order valence-electron chi connectivity index (χ4n) is 2.05. The quantitative estimate of drug-likeness (QED) is 0.779. The minimum Gasteiger partial charge on any atom is -0.328 e. The Morgan fingerprint density at radius 2 is 1.88 bits per heavy atom. The number of aromatic nitrogens is 2. The largest absolute Gasteiger partial charge is 0.419 e. The molecule has 1 heterocycles. The molecule has 2 atom stereocenters. The van der Waals surface area contributed by atoms with E-state index in [1.54, 1.807) is 0 Å². The van der Waals surface area contributed by atoms with Gasteiger partial charge in [0, 0.05) is 18.4 Å². The predicted molar refractivity (Wildman–Crippen MR) is 54.7 cm³/mol. The molecule has 2 unspecified atom stereocenters. The molecule has 1 fully saturated rings. The van der Waals surface area contributed by atoms with Gasteiger partial charge in [0.05, 0.1) is 11.1 Å². The van der Waals surface area contributed by atoms with Crippen molar-refractivity contribution in [1.29, 1.82) is 0 Å². The van der Waals surface area contributed by atoms with Gasteiger partial charge in [-0.25, -0.2) is 9.97 Å². The second kappa shape index (κ2) is 3.92. The third kappa shape index (κ3) is 2.39. The number of rotatable bonds is 1. The summed E-state index contributed by atoms with van der Waals surface area (Å²) in [5.41, 5.74) is 10.1. The Kier molecular flexibility index (Phi) is 2.82. The van der Waals surface area contributed by atoms with Gasteiger partial charge in [-0.3, -0.25) is 0 Å². The number of alkyl halides is 3. The molecular weight excluding hydrogens is 233 g/mol. The van der Waals surface area contributed by atoms with E-state index in [1.807, 2.05) is 0 Å². The van der Waals surface area contributed by atoms with E-state index in [0.29, 0.717) is 12.8 Å². The van der Waals surface area contributed by atoms with Crippen molar-refractivity contribution < 1.29 is 13.2 Å². The first-order chi connectivity index (χ1) is 7.81. The van der Waals surface area contributed by atoms with E-state index in [9.17, 15) is 13.2 Å². The van der Waals surface area contributed by atoms with Gasteiger partial charge in [0.15, 0.2) is 0 Å². The van der Waals surface area contributed by atoms with E-state index in [1.165, 1.54) is 0 Å². The second-order valence-electron chi connectivity index (χ2n) is 4.45. The number of hydrogen-bond donors (Lipinski definition) is 2. The Bertz CT molecular complexity index is 403. The van der Waals surface area contributed by atoms with Gasteiger partial charge in [-0.05, 0) is 19.3 Å². The highest BCUT2D eigenvalue weighted by Gasteiger charge is 2.39. The van der Waals surface area contributed by atoms with Crippen LogP contribution in [0.15, 0.2) is 12.4 Å². The minimum atomic E-state index is -4.42. The molecular formula is C10H13F3N4. The number of nitrogens with two attached hydrogens (primary N) is 2. The maximum atomic E-state index is 12.3. The highest BCUT2D eigenvalue weighted by Crippen LogP contribution is 2.34. The summed E-state index contributed by atoms with van der Waals surface area (Å²) in [4.78, 5) is 7.44. The zero-order chi connectivity index (χ0) is 12.7. The lowest BCUT2D eigenvalue weighted by atomic mass is 9.97. The Balaban J connectivity index is 2.24. The predicted octanol–water partition coefficient (Wildman–Crippen LogP) is 1.16. The topological polar surface area (TPSA) is 77.8 Å². The summed E-state index contributed by atoms with van der Waals surface area (Å²) < 4.78 is 37.0. The summed E-state index contributed by atoms with van der Waals surface area (Å²) in [5.74, 6) is 0.235. The van der Waals surface area contributed by atoms with E-state index < -0.39 is 17.3 Å². The van der Waals surface area contributed by atoms with Gasteiger partial charge in [0.2, 0.25) is 0 Å². The molecule has 17 heavy (non-hydrogen) atoms. The van der Waals surface area contributed by atoms with Crippen molar-refractivity contribution in [2.45, 2.75) is 37.0 Å². The van der Waals surface area contributed by atoms with Gasteiger partial charge in [-0.1, -0.05) is 0 Å². The molecule has 4 N–H and O–H groups in total. The van der Waals surface area contributed by atoms with Crippen molar-refractivity contribution in [2.75, 3.05) is 0 Å². The molecule has 7 heteroatoms. The molecule has 1 aliphatic rings. The first-order valence-electron chi connectivity index (χ1n) is 5.25. The van der Waals surface area contributed by atoms with Crippen LogP contribution in [0.5, 0.6) is 0 Å². The Labute approximate surface area is 96.2 Å². The Morgan fingerprint density at radius 3 is 2.29 bits per heavy atom. The van der Waals surface area contributed by atoms with Crippen molar-refractivity contribution in [2.24, 2.45) is 11.5 Å². The Hall–Kier alpha value is -1.21. The number of nitrogens with zero attached hydrogens (tertiary/aromatic N) is 2. The SMILES string of the molecule is NC1CCC(N)(c2ncc(C(F)(F)F)cn2)C1. The van der Waals surface area contributed by atoms with Crippen molar-refractivity contribution in [3.05, 3.63) is 23.8 Å². The first kappa shape index (κ1) is 12.3. The van der Waals surface area contributed by atoms with Crippen LogP contribution in [0, 0.1) is 0 Å². The van der Waals surface area contributed by atoms with Crippen LogP contribution >= 0.6 is 0 Å². The third-order valence-corrected chi connectivity index (χ3v) is 3.01. The summed E-state index contributed by atoms with van der Waals surface area (Å²) in [6, 6.07) is -0.0362. The normalized spacial score (nSPS) is 29.6. The number of hydrogen-bond acceptors (Lipinski definition) is 4. The van der Waals surface area contributed by atoms with Crippen LogP contribution < -0.4 is 11.5 Å². The molecule has 0 radical (unpaired) electrons. The standard InChI is InChI=1S/C10H13F3N4/c11-10(12,13)6-4-16-8(17-5-6)9(15)2-1-7(14)3-9/h4-5,7H,1-3,14-15H2. The van der Waals surface area contributed by atoms with Gasteiger partial charge in [-0.2, -0.15) is 13.2 Å². The fourth-order valence-corrected chi connectivity index (χ4v) is 2.05. The van der Waals surface area contributed by atoms with Crippen LogP contribution in [0.3, 0.4) is 0 Å². The lowest BCUT2D eigenvalue weighted by Crippen LogP contribution is -2.37. The first-order valence-corrected chi connectivity index (χ1v) is 5.25. The third-order valence-electron chi connectivity index (χ3n) is 3.01.